The van der Waals surface area contributed by atoms with Gasteiger partial charge in [-0.1, -0.05) is 24.3 Å². The van der Waals surface area contributed by atoms with Crippen LogP contribution in [0, 0.1) is 12.8 Å². The van der Waals surface area contributed by atoms with E-state index in [2.05, 4.69) is 17.1 Å². The lowest BCUT2D eigenvalue weighted by Gasteiger charge is -2.31. The van der Waals surface area contributed by atoms with Crippen molar-refractivity contribution >= 4 is 15.9 Å². The van der Waals surface area contributed by atoms with Crippen molar-refractivity contribution in [1.29, 1.82) is 0 Å². The van der Waals surface area contributed by atoms with Gasteiger partial charge in [-0.15, -0.1) is 0 Å². The van der Waals surface area contributed by atoms with Crippen molar-refractivity contribution in [3.8, 4) is 0 Å². The molecular weight excluding hydrogens is 386 g/mol. The molecule has 1 unspecified atom stereocenters. The third-order valence-corrected chi connectivity index (χ3v) is 8.27. The van der Waals surface area contributed by atoms with E-state index in [1.807, 2.05) is 31.2 Å². The van der Waals surface area contributed by atoms with Gasteiger partial charge in [0.15, 0.2) is 0 Å². The summed E-state index contributed by atoms with van der Waals surface area (Å²) < 4.78 is 27.1. The molecule has 0 radical (unpaired) electrons. The fourth-order valence-electron chi connectivity index (χ4n) is 4.37. The SMILES string of the molecule is Cc1ccccc1CS(=O)(=O)N1CCC(C(=O)NCCC(C)N2CCCC2)CC1. The first-order valence-corrected chi connectivity index (χ1v) is 12.5. The molecule has 1 N–H and O–H groups in total. The summed E-state index contributed by atoms with van der Waals surface area (Å²) in [4.78, 5) is 15.0. The van der Waals surface area contributed by atoms with E-state index < -0.39 is 10.0 Å². The maximum atomic E-state index is 12.8. The number of hydrogen-bond acceptors (Lipinski definition) is 4. The second kappa shape index (κ2) is 10.0. The maximum Gasteiger partial charge on any atom is 0.223 e. The summed E-state index contributed by atoms with van der Waals surface area (Å²) >= 11 is 0. The maximum absolute atomic E-state index is 12.8. The average molecular weight is 422 g/mol. The number of sulfonamides is 1. The number of rotatable bonds is 8. The van der Waals surface area contributed by atoms with Crippen molar-refractivity contribution in [2.75, 3.05) is 32.7 Å². The summed E-state index contributed by atoms with van der Waals surface area (Å²) in [6.45, 7) is 8.06. The van der Waals surface area contributed by atoms with Crippen LogP contribution in [-0.2, 0) is 20.6 Å². The summed E-state index contributed by atoms with van der Waals surface area (Å²) in [6, 6.07) is 8.11. The second-order valence-electron chi connectivity index (χ2n) is 8.53. The fourth-order valence-corrected chi connectivity index (χ4v) is 6.04. The number of nitrogens with zero attached hydrogens (tertiary/aromatic N) is 2. The van der Waals surface area contributed by atoms with E-state index in [4.69, 9.17) is 0 Å². The number of piperidine rings is 1. The van der Waals surface area contributed by atoms with Crippen LogP contribution in [-0.4, -0.2) is 62.3 Å². The molecule has 7 heteroatoms. The van der Waals surface area contributed by atoms with Crippen LogP contribution in [0.4, 0.5) is 0 Å². The van der Waals surface area contributed by atoms with Gasteiger partial charge in [-0.2, -0.15) is 0 Å². The molecule has 1 amide bonds. The lowest BCUT2D eigenvalue weighted by Crippen LogP contribution is -2.44. The Kier molecular flexibility index (Phi) is 7.71. The highest BCUT2D eigenvalue weighted by molar-refractivity contribution is 7.88. The molecule has 2 saturated heterocycles. The van der Waals surface area contributed by atoms with Crippen LogP contribution in [0.3, 0.4) is 0 Å². The largest absolute Gasteiger partial charge is 0.356 e. The standard InChI is InChI=1S/C22H35N3O3S/c1-18-7-3-4-8-21(18)17-29(27,28)25-15-10-20(11-16-25)22(26)23-12-9-19(2)24-13-5-6-14-24/h3-4,7-8,19-20H,5-6,9-17H2,1-2H3,(H,23,26). The Balaban J connectivity index is 1.42. The van der Waals surface area contributed by atoms with Gasteiger partial charge in [0.25, 0.3) is 0 Å². The molecule has 1 aromatic rings. The minimum atomic E-state index is -3.35. The highest BCUT2D eigenvalue weighted by atomic mass is 32.2. The molecule has 2 aliphatic rings. The molecule has 0 bridgehead atoms. The van der Waals surface area contributed by atoms with Gasteiger partial charge in [0.1, 0.15) is 0 Å². The van der Waals surface area contributed by atoms with E-state index in [0.29, 0.717) is 38.5 Å². The van der Waals surface area contributed by atoms with Gasteiger partial charge in [0.05, 0.1) is 5.75 Å². The number of aryl methyl sites for hydroxylation is 1. The summed E-state index contributed by atoms with van der Waals surface area (Å²) in [5, 5.41) is 3.07. The van der Waals surface area contributed by atoms with Crippen molar-refractivity contribution in [1.82, 2.24) is 14.5 Å². The van der Waals surface area contributed by atoms with E-state index in [9.17, 15) is 13.2 Å². The number of hydrogen-bond donors (Lipinski definition) is 1. The predicted octanol–water partition coefficient (Wildman–Crippen LogP) is 2.53. The van der Waals surface area contributed by atoms with E-state index in [-0.39, 0.29) is 17.6 Å². The monoisotopic (exact) mass is 421 g/mol. The van der Waals surface area contributed by atoms with Crippen LogP contribution in [0.5, 0.6) is 0 Å². The number of benzene rings is 1. The van der Waals surface area contributed by atoms with Crippen LogP contribution in [0.2, 0.25) is 0 Å². The minimum Gasteiger partial charge on any atom is -0.356 e. The molecule has 2 fully saturated rings. The summed E-state index contributed by atoms with van der Waals surface area (Å²) in [5.74, 6) is 0.0295. The Labute approximate surface area is 175 Å². The molecule has 1 aromatic carbocycles. The van der Waals surface area contributed by atoms with Gasteiger partial charge in [-0.05, 0) is 70.2 Å². The molecule has 0 saturated carbocycles. The Morgan fingerprint density at radius 3 is 2.45 bits per heavy atom. The molecule has 1 atom stereocenters. The zero-order valence-corrected chi connectivity index (χ0v) is 18.6. The summed E-state index contributed by atoms with van der Waals surface area (Å²) in [7, 11) is -3.35. The van der Waals surface area contributed by atoms with Crippen LogP contribution < -0.4 is 5.32 Å². The van der Waals surface area contributed by atoms with Crippen molar-refractivity contribution in [3.63, 3.8) is 0 Å². The van der Waals surface area contributed by atoms with Gasteiger partial charge < -0.3 is 10.2 Å². The number of nitrogens with one attached hydrogen (secondary N) is 1. The zero-order chi connectivity index (χ0) is 20.9. The van der Waals surface area contributed by atoms with Crippen molar-refractivity contribution in [2.45, 2.75) is 57.7 Å². The van der Waals surface area contributed by atoms with Gasteiger partial charge >= 0.3 is 0 Å². The third kappa shape index (κ3) is 6.03. The van der Waals surface area contributed by atoms with Crippen LogP contribution in [0.15, 0.2) is 24.3 Å². The highest BCUT2D eigenvalue weighted by Gasteiger charge is 2.31. The Morgan fingerprint density at radius 2 is 1.79 bits per heavy atom. The van der Waals surface area contributed by atoms with Gasteiger partial charge in [-0.25, -0.2) is 12.7 Å². The van der Waals surface area contributed by atoms with Crippen molar-refractivity contribution < 1.29 is 13.2 Å². The lowest BCUT2D eigenvalue weighted by molar-refractivity contribution is -0.126. The molecule has 6 nitrogen and oxygen atoms in total. The van der Waals surface area contributed by atoms with E-state index in [1.165, 1.54) is 25.9 Å². The molecular formula is C22H35N3O3S. The smallest absolute Gasteiger partial charge is 0.223 e. The van der Waals surface area contributed by atoms with Gasteiger partial charge in [0, 0.05) is 31.6 Å². The number of likely N-dealkylation sites (tertiary alicyclic amines) is 1. The fraction of sp³-hybridized carbons (Fsp3) is 0.682. The van der Waals surface area contributed by atoms with Gasteiger partial charge in [0.2, 0.25) is 15.9 Å². The van der Waals surface area contributed by atoms with E-state index in [0.717, 1.165) is 17.5 Å². The molecule has 2 aliphatic heterocycles. The predicted molar refractivity (Wildman–Crippen MR) is 116 cm³/mol. The third-order valence-electron chi connectivity index (χ3n) is 6.44. The quantitative estimate of drug-likeness (QED) is 0.700. The first-order valence-electron chi connectivity index (χ1n) is 10.9. The Hall–Kier alpha value is -1.44. The molecule has 0 spiro atoms. The van der Waals surface area contributed by atoms with Gasteiger partial charge in [-0.3, -0.25) is 4.79 Å². The molecule has 3 rings (SSSR count). The molecule has 29 heavy (non-hydrogen) atoms. The lowest BCUT2D eigenvalue weighted by atomic mass is 9.97. The topological polar surface area (TPSA) is 69.7 Å². The van der Waals surface area contributed by atoms with Crippen LogP contribution in [0.25, 0.3) is 0 Å². The molecule has 162 valence electrons. The molecule has 0 aliphatic carbocycles. The first kappa shape index (κ1) is 22.2. The Bertz CT molecular complexity index is 782. The molecule has 0 aromatic heterocycles. The van der Waals surface area contributed by atoms with Crippen LogP contribution in [0.1, 0.15) is 50.2 Å². The number of amides is 1. The van der Waals surface area contributed by atoms with Crippen LogP contribution >= 0.6 is 0 Å². The second-order valence-corrected chi connectivity index (χ2v) is 10.5. The highest BCUT2D eigenvalue weighted by Crippen LogP contribution is 2.23. The molecule has 2 heterocycles. The average Bonchev–Trinajstić information content (AvgIpc) is 3.24. The van der Waals surface area contributed by atoms with E-state index >= 15 is 0 Å². The van der Waals surface area contributed by atoms with Crippen molar-refractivity contribution in [2.24, 2.45) is 5.92 Å². The normalized spacial score (nSPS) is 20.6. The first-order chi connectivity index (χ1) is 13.9. The summed E-state index contributed by atoms with van der Waals surface area (Å²) in [5.41, 5.74) is 1.84. The number of carbonyl (C=O) groups excluding carboxylic acids is 1. The number of carbonyl (C=O) groups is 1. The van der Waals surface area contributed by atoms with E-state index in [1.54, 1.807) is 4.31 Å². The Morgan fingerprint density at radius 1 is 1.14 bits per heavy atom. The minimum absolute atomic E-state index is 0.0327. The zero-order valence-electron chi connectivity index (χ0n) is 17.8. The summed E-state index contributed by atoms with van der Waals surface area (Å²) in [6.07, 6.45) is 4.72. The van der Waals surface area contributed by atoms with Crippen molar-refractivity contribution in [3.05, 3.63) is 35.4 Å².